The highest BCUT2D eigenvalue weighted by Gasteiger charge is 2.27. The number of nitrogens with zero attached hydrogens (tertiary/aromatic N) is 1. The molecule has 2 fully saturated rings. The van der Waals surface area contributed by atoms with Gasteiger partial charge in [-0.25, -0.2) is 4.79 Å². The van der Waals surface area contributed by atoms with E-state index in [1.807, 2.05) is 35.2 Å². The summed E-state index contributed by atoms with van der Waals surface area (Å²) in [6.45, 7) is 2.72. The van der Waals surface area contributed by atoms with Crippen molar-refractivity contribution in [3.05, 3.63) is 60.2 Å². The van der Waals surface area contributed by atoms with Crippen LogP contribution in [0.2, 0.25) is 0 Å². The van der Waals surface area contributed by atoms with E-state index in [-0.39, 0.29) is 24.0 Å². The van der Waals surface area contributed by atoms with Gasteiger partial charge in [0.05, 0.1) is 18.6 Å². The molecule has 204 valence electrons. The smallest absolute Gasteiger partial charge is 0.317 e. The second-order valence-corrected chi connectivity index (χ2v) is 10.00. The van der Waals surface area contributed by atoms with Crippen molar-refractivity contribution < 1.29 is 29.0 Å². The Hall–Kier alpha value is -3.75. The number of likely N-dealkylation sites (tertiary alicyclic amines) is 1. The van der Waals surface area contributed by atoms with Crippen molar-refractivity contribution in [3.8, 4) is 11.5 Å². The summed E-state index contributed by atoms with van der Waals surface area (Å²) in [5.41, 5.74) is 0.512. The molecule has 2 aliphatic rings. The molecular formula is C29H37N3O6. The van der Waals surface area contributed by atoms with Crippen LogP contribution in [-0.2, 0) is 4.79 Å². The molecule has 3 amide bonds. The average molecular weight is 524 g/mol. The lowest BCUT2D eigenvalue weighted by molar-refractivity contribution is -0.143. The summed E-state index contributed by atoms with van der Waals surface area (Å²) in [4.78, 5) is 37.8. The summed E-state index contributed by atoms with van der Waals surface area (Å²) in [6.07, 6.45) is 4.48. The number of carboxylic acids is 1. The molecule has 0 aromatic heterocycles. The summed E-state index contributed by atoms with van der Waals surface area (Å²) in [5, 5.41) is 14.8. The lowest BCUT2D eigenvalue weighted by Crippen LogP contribution is -2.46. The molecule has 1 heterocycles. The Balaban J connectivity index is 1.08. The van der Waals surface area contributed by atoms with E-state index in [2.05, 4.69) is 10.6 Å². The van der Waals surface area contributed by atoms with Crippen LogP contribution in [0.25, 0.3) is 0 Å². The van der Waals surface area contributed by atoms with Crippen LogP contribution >= 0.6 is 0 Å². The van der Waals surface area contributed by atoms with E-state index >= 15 is 0 Å². The van der Waals surface area contributed by atoms with Gasteiger partial charge >= 0.3 is 12.0 Å². The number of benzene rings is 2. The van der Waals surface area contributed by atoms with Crippen LogP contribution in [0.1, 0.15) is 48.9 Å². The largest absolute Gasteiger partial charge is 0.493 e. The van der Waals surface area contributed by atoms with E-state index < -0.39 is 5.97 Å². The fourth-order valence-electron chi connectivity index (χ4n) is 4.90. The number of hydrogen-bond donors (Lipinski definition) is 3. The highest BCUT2D eigenvalue weighted by Crippen LogP contribution is 2.28. The van der Waals surface area contributed by atoms with Gasteiger partial charge in [-0.1, -0.05) is 18.2 Å². The number of piperidine rings is 1. The number of hydrogen-bond acceptors (Lipinski definition) is 5. The number of carboxylic acid groups (broad SMARTS) is 1. The number of carbonyl (C=O) groups excluding carboxylic acids is 2. The molecule has 3 N–H and O–H groups in total. The topological polar surface area (TPSA) is 117 Å². The van der Waals surface area contributed by atoms with Gasteiger partial charge in [0, 0.05) is 31.7 Å². The van der Waals surface area contributed by atoms with Crippen LogP contribution in [0.15, 0.2) is 54.6 Å². The zero-order valence-corrected chi connectivity index (χ0v) is 21.6. The second kappa shape index (κ2) is 13.7. The van der Waals surface area contributed by atoms with Crippen molar-refractivity contribution in [3.63, 3.8) is 0 Å². The molecule has 2 aromatic carbocycles. The van der Waals surface area contributed by atoms with Crippen LogP contribution < -0.4 is 20.1 Å². The molecular weight excluding hydrogens is 486 g/mol. The summed E-state index contributed by atoms with van der Waals surface area (Å²) < 4.78 is 11.8. The zero-order valence-electron chi connectivity index (χ0n) is 21.6. The molecule has 38 heavy (non-hydrogen) atoms. The van der Waals surface area contributed by atoms with Crippen molar-refractivity contribution in [2.45, 2.75) is 44.6 Å². The van der Waals surface area contributed by atoms with Gasteiger partial charge in [0.25, 0.3) is 5.91 Å². The molecule has 1 saturated heterocycles. The SMILES string of the molecule is O=C(NCCNC(=O)N1CCC(COc2ccccc2)CC1)c1ccc(O[C@H]2CC[C@@H](C(=O)O)CC2)cc1. The van der Waals surface area contributed by atoms with Gasteiger partial charge in [0.15, 0.2) is 0 Å². The fourth-order valence-corrected chi connectivity index (χ4v) is 4.90. The lowest BCUT2D eigenvalue weighted by atomic mass is 9.87. The highest BCUT2D eigenvalue weighted by atomic mass is 16.5. The Morgan fingerprint density at radius 3 is 2.13 bits per heavy atom. The third-order valence-corrected chi connectivity index (χ3v) is 7.26. The maximum absolute atomic E-state index is 12.5. The Morgan fingerprint density at radius 1 is 0.816 bits per heavy atom. The molecule has 0 unspecified atom stereocenters. The minimum atomic E-state index is -0.733. The van der Waals surface area contributed by atoms with Crippen molar-refractivity contribution >= 4 is 17.9 Å². The number of aliphatic carboxylic acids is 1. The quantitative estimate of drug-likeness (QED) is 0.406. The van der Waals surface area contributed by atoms with Crippen LogP contribution in [0.4, 0.5) is 4.79 Å². The van der Waals surface area contributed by atoms with Crippen LogP contribution in [0, 0.1) is 11.8 Å². The molecule has 9 heteroatoms. The van der Waals surface area contributed by atoms with E-state index in [0.717, 1.165) is 18.6 Å². The Bertz CT molecular complexity index is 1050. The normalized spacial score (nSPS) is 19.8. The predicted octanol–water partition coefficient (Wildman–Crippen LogP) is 3.94. The molecule has 2 aromatic rings. The van der Waals surface area contributed by atoms with Crippen molar-refractivity contribution in [1.82, 2.24) is 15.5 Å². The number of carbonyl (C=O) groups is 3. The highest BCUT2D eigenvalue weighted by molar-refractivity contribution is 5.94. The molecule has 1 saturated carbocycles. The first kappa shape index (κ1) is 27.3. The van der Waals surface area contributed by atoms with Crippen molar-refractivity contribution in [2.24, 2.45) is 11.8 Å². The molecule has 1 aliphatic heterocycles. The molecule has 0 atom stereocenters. The lowest BCUT2D eigenvalue weighted by Gasteiger charge is -2.32. The maximum atomic E-state index is 12.5. The summed E-state index contributed by atoms with van der Waals surface area (Å²) in [7, 11) is 0. The van der Waals surface area contributed by atoms with Gasteiger partial charge < -0.3 is 30.1 Å². The molecule has 4 rings (SSSR count). The van der Waals surface area contributed by atoms with Crippen molar-refractivity contribution in [2.75, 3.05) is 32.8 Å². The minimum Gasteiger partial charge on any atom is -0.493 e. The first-order valence-electron chi connectivity index (χ1n) is 13.5. The number of para-hydroxylation sites is 1. The fraction of sp³-hybridized carbons (Fsp3) is 0.483. The average Bonchev–Trinajstić information content (AvgIpc) is 2.95. The van der Waals surface area contributed by atoms with E-state index in [1.54, 1.807) is 24.3 Å². The van der Waals surface area contributed by atoms with Gasteiger partial charge in [0.1, 0.15) is 11.5 Å². The maximum Gasteiger partial charge on any atom is 0.317 e. The van der Waals surface area contributed by atoms with Gasteiger partial charge in [-0.05, 0) is 80.8 Å². The van der Waals surface area contributed by atoms with Crippen molar-refractivity contribution in [1.29, 1.82) is 0 Å². The Labute approximate surface area is 223 Å². The summed E-state index contributed by atoms with van der Waals surface area (Å²) in [6, 6.07) is 16.6. The van der Waals surface area contributed by atoms with Crippen LogP contribution in [0.3, 0.4) is 0 Å². The molecule has 0 radical (unpaired) electrons. The predicted molar refractivity (Wildman–Crippen MR) is 142 cm³/mol. The van der Waals surface area contributed by atoms with E-state index in [1.165, 1.54) is 0 Å². The van der Waals surface area contributed by atoms with Gasteiger partial charge in [-0.3, -0.25) is 9.59 Å². The molecule has 0 spiro atoms. The van der Waals surface area contributed by atoms with Crippen LogP contribution in [-0.4, -0.2) is 66.8 Å². The number of nitrogens with one attached hydrogen (secondary N) is 2. The standard InChI is InChI=1S/C29H37N3O6/c33-27(22-6-10-25(11-7-22)38-26-12-8-23(9-13-26)28(34)35)30-16-17-31-29(36)32-18-14-21(15-19-32)20-37-24-4-2-1-3-5-24/h1-7,10-11,21,23,26H,8-9,12-20H2,(H,30,33)(H,31,36)(H,34,35)/t23-,26+. The number of ether oxygens (including phenoxy) is 2. The third-order valence-electron chi connectivity index (χ3n) is 7.26. The number of urea groups is 1. The first-order valence-corrected chi connectivity index (χ1v) is 13.5. The molecule has 1 aliphatic carbocycles. The van der Waals surface area contributed by atoms with Gasteiger partial charge in [-0.15, -0.1) is 0 Å². The van der Waals surface area contributed by atoms with Gasteiger partial charge in [0.2, 0.25) is 0 Å². The zero-order chi connectivity index (χ0) is 26.7. The van der Waals surface area contributed by atoms with E-state index in [9.17, 15) is 14.4 Å². The van der Waals surface area contributed by atoms with E-state index in [4.69, 9.17) is 14.6 Å². The summed E-state index contributed by atoms with van der Waals surface area (Å²) in [5.74, 6) is 0.750. The number of amides is 3. The third kappa shape index (κ3) is 8.13. The van der Waals surface area contributed by atoms with Gasteiger partial charge in [-0.2, -0.15) is 0 Å². The van der Waals surface area contributed by atoms with Crippen LogP contribution in [0.5, 0.6) is 11.5 Å². The summed E-state index contributed by atoms with van der Waals surface area (Å²) >= 11 is 0. The first-order chi connectivity index (χ1) is 18.5. The Kier molecular flexibility index (Phi) is 9.84. The monoisotopic (exact) mass is 523 g/mol. The van der Waals surface area contributed by atoms with E-state index in [0.29, 0.717) is 75.7 Å². The Morgan fingerprint density at radius 2 is 1.47 bits per heavy atom. The molecule has 9 nitrogen and oxygen atoms in total. The number of rotatable bonds is 10. The molecule has 0 bridgehead atoms. The second-order valence-electron chi connectivity index (χ2n) is 10.00. The minimum absolute atomic E-state index is 0.00213.